The first kappa shape index (κ1) is 13.9. The summed E-state index contributed by atoms with van der Waals surface area (Å²) in [5, 5.41) is 12.7. The van der Waals surface area contributed by atoms with E-state index in [1.54, 1.807) is 6.92 Å². The molecule has 0 radical (unpaired) electrons. The molecule has 1 rings (SSSR count). The van der Waals surface area contributed by atoms with Gasteiger partial charge in [0, 0.05) is 17.3 Å². The van der Waals surface area contributed by atoms with E-state index in [1.165, 1.54) is 0 Å². The van der Waals surface area contributed by atoms with Crippen LogP contribution in [0.25, 0.3) is 0 Å². The fourth-order valence-electron chi connectivity index (χ4n) is 2.46. The standard InChI is InChI=1S/C11H23NO3S/c1-3-16(14,15)8-10(2)12-11(9-13)6-4-5-7-11/h10,12-13H,3-9H2,1-2H3. The van der Waals surface area contributed by atoms with E-state index >= 15 is 0 Å². The molecule has 16 heavy (non-hydrogen) atoms. The normalized spacial score (nSPS) is 22.2. The van der Waals surface area contributed by atoms with Crippen LogP contribution in [0.4, 0.5) is 0 Å². The van der Waals surface area contributed by atoms with Gasteiger partial charge in [0.2, 0.25) is 0 Å². The monoisotopic (exact) mass is 249 g/mol. The molecule has 0 amide bonds. The van der Waals surface area contributed by atoms with Gasteiger partial charge in [-0.15, -0.1) is 0 Å². The van der Waals surface area contributed by atoms with Gasteiger partial charge >= 0.3 is 0 Å². The van der Waals surface area contributed by atoms with E-state index in [-0.39, 0.29) is 29.7 Å². The number of nitrogens with one attached hydrogen (secondary N) is 1. The number of hydrogen-bond acceptors (Lipinski definition) is 4. The molecule has 1 unspecified atom stereocenters. The van der Waals surface area contributed by atoms with Gasteiger partial charge in [-0.2, -0.15) is 0 Å². The lowest BCUT2D eigenvalue weighted by atomic mass is 9.98. The Labute approximate surface area is 98.4 Å². The Morgan fingerprint density at radius 1 is 1.38 bits per heavy atom. The Bertz CT molecular complexity index is 307. The molecule has 1 fully saturated rings. The quantitative estimate of drug-likeness (QED) is 0.727. The molecule has 96 valence electrons. The summed E-state index contributed by atoms with van der Waals surface area (Å²) in [4.78, 5) is 0. The molecule has 1 aliphatic rings. The van der Waals surface area contributed by atoms with Gasteiger partial charge in [-0.3, -0.25) is 0 Å². The van der Waals surface area contributed by atoms with Crippen LogP contribution in [-0.4, -0.2) is 43.2 Å². The highest BCUT2D eigenvalue weighted by Crippen LogP contribution is 2.29. The van der Waals surface area contributed by atoms with E-state index in [9.17, 15) is 13.5 Å². The minimum Gasteiger partial charge on any atom is -0.394 e. The minimum absolute atomic E-state index is 0.0878. The molecule has 0 aliphatic heterocycles. The van der Waals surface area contributed by atoms with Crippen LogP contribution >= 0.6 is 0 Å². The first-order chi connectivity index (χ1) is 7.43. The van der Waals surface area contributed by atoms with Gasteiger partial charge in [0.25, 0.3) is 0 Å². The molecule has 1 atom stereocenters. The maximum Gasteiger partial charge on any atom is 0.151 e. The molecule has 1 saturated carbocycles. The average Bonchev–Trinajstić information content (AvgIpc) is 2.66. The molecule has 0 bridgehead atoms. The van der Waals surface area contributed by atoms with Crippen molar-refractivity contribution in [1.29, 1.82) is 0 Å². The molecule has 5 heteroatoms. The Hall–Kier alpha value is -0.130. The van der Waals surface area contributed by atoms with Crippen LogP contribution < -0.4 is 5.32 Å². The maximum absolute atomic E-state index is 11.5. The van der Waals surface area contributed by atoms with Crippen molar-refractivity contribution in [3.05, 3.63) is 0 Å². The highest BCUT2D eigenvalue weighted by Gasteiger charge is 2.34. The molecule has 0 aromatic rings. The molecule has 2 N–H and O–H groups in total. The van der Waals surface area contributed by atoms with Gasteiger partial charge in [-0.05, 0) is 19.8 Å². The van der Waals surface area contributed by atoms with Gasteiger partial charge < -0.3 is 10.4 Å². The predicted octanol–water partition coefficient (Wildman–Crippen LogP) is 0.704. The first-order valence-electron chi connectivity index (χ1n) is 6.02. The summed E-state index contributed by atoms with van der Waals surface area (Å²) in [5.41, 5.74) is -0.233. The molecule has 0 heterocycles. The SMILES string of the molecule is CCS(=O)(=O)CC(C)NC1(CO)CCCC1. The summed E-state index contributed by atoms with van der Waals surface area (Å²) in [6, 6.07) is -0.0878. The summed E-state index contributed by atoms with van der Waals surface area (Å²) in [7, 11) is -2.94. The molecule has 4 nitrogen and oxygen atoms in total. The number of sulfone groups is 1. The smallest absolute Gasteiger partial charge is 0.151 e. The number of aliphatic hydroxyl groups excluding tert-OH is 1. The molecule has 0 aromatic carbocycles. The third kappa shape index (κ3) is 3.71. The van der Waals surface area contributed by atoms with Crippen molar-refractivity contribution in [1.82, 2.24) is 5.32 Å². The van der Waals surface area contributed by atoms with Crippen LogP contribution in [0.15, 0.2) is 0 Å². The van der Waals surface area contributed by atoms with Crippen LogP contribution in [-0.2, 0) is 9.84 Å². The fraction of sp³-hybridized carbons (Fsp3) is 1.00. The lowest BCUT2D eigenvalue weighted by molar-refractivity contribution is 0.156. The van der Waals surface area contributed by atoms with Crippen molar-refractivity contribution in [3.63, 3.8) is 0 Å². The van der Waals surface area contributed by atoms with Gasteiger partial charge in [0.1, 0.15) is 0 Å². The highest BCUT2D eigenvalue weighted by atomic mass is 32.2. The van der Waals surface area contributed by atoms with Crippen molar-refractivity contribution >= 4 is 9.84 Å². The number of rotatable bonds is 6. The van der Waals surface area contributed by atoms with Gasteiger partial charge in [-0.1, -0.05) is 19.8 Å². The second-order valence-corrected chi connectivity index (χ2v) is 7.29. The zero-order valence-corrected chi connectivity index (χ0v) is 11.0. The van der Waals surface area contributed by atoms with Crippen molar-refractivity contribution in [3.8, 4) is 0 Å². The lowest BCUT2D eigenvalue weighted by Gasteiger charge is -2.31. The molecule has 0 spiro atoms. The first-order valence-corrected chi connectivity index (χ1v) is 7.84. The highest BCUT2D eigenvalue weighted by molar-refractivity contribution is 7.91. The number of aliphatic hydroxyl groups is 1. The Morgan fingerprint density at radius 2 is 1.94 bits per heavy atom. The van der Waals surface area contributed by atoms with E-state index in [1.807, 2.05) is 6.92 Å². The fourth-order valence-corrected chi connectivity index (χ4v) is 3.54. The van der Waals surface area contributed by atoms with E-state index in [2.05, 4.69) is 5.32 Å². The molecular weight excluding hydrogens is 226 g/mol. The summed E-state index contributed by atoms with van der Waals surface area (Å²) in [6.45, 7) is 3.64. The van der Waals surface area contributed by atoms with Crippen molar-refractivity contribution < 1.29 is 13.5 Å². The molecular formula is C11H23NO3S. The average molecular weight is 249 g/mol. The lowest BCUT2D eigenvalue weighted by Crippen LogP contribution is -2.52. The van der Waals surface area contributed by atoms with Crippen LogP contribution in [0.1, 0.15) is 39.5 Å². The molecule has 1 aliphatic carbocycles. The zero-order chi connectivity index (χ0) is 12.2. The van der Waals surface area contributed by atoms with E-state index in [0.717, 1.165) is 25.7 Å². The largest absolute Gasteiger partial charge is 0.394 e. The maximum atomic E-state index is 11.5. The van der Waals surface area contributed by atoms with Crippen molar-refractivity contribution in [2.45, 2.75) is 51.1 Å². The van der Waals surface area contributed by atoms with Crippen LogP contribution in [0.5, 0.6) is 0 Å². The Morgan fingerprint density at radius 3 is 2.38 bits per heavy atom. The third-order valence-corrected chi connectivity index (χ3v) is 5.25. The minimum atomic E-state index is -2.94. The number of hydrogen-bond donors (Lipinski definition) is 2. The summed E-state index contributed by atoms with van der Waals surface area (Å²) in [6.07, 6.45) is 4.11. The van der Waals surface area contributed by atoms with Crippen molar-refractivity contribution in [2.75, 3.05) is 18.1 Å². The Kier molecular flexibility index (Phi) is 4.76. The summed E-state index contributed by atoms with van der Waals surface area (Å²) in [5.74, 6) is 0.344. The Balaban J connectivity index is 2.53. The van der Waals surface area contributed by atoms with Crippen LogP contribution in [0.3, 0.4) is 0 Å². The predicted molar refractivity (Wildman–Crippen MR) is 65.2 cm³/mol. The summed E-state index contributed by atoms with van der Waals surface area (Å²) >= 11 is 0. The third-order valence-electron chi connectivity index (χ3n) is 3.36. The topological polar surface area (TPSA) is 66.4 Å². The second kappa shape index (κ2) is 5.47. The van der Waals surface area contributed by atoms with Crippen LogP contribution in [0.2, 0.25) is 0 Å². The van der Waals surface area contributed by atoms with Gasteiger partial charge in [0.05, 0.1) is 12.4 Å². The van der Waals surface area contributed by atoms with E-state index in [4.69, 9.17) is 0 Å². The second-order valence-electron chi connectivity index (χ2n) is 4.89. The van der Waals surface area contributed by atoms with Crippen LogP contribution in [0, 0.1) is 0 Å². The summed E-state index contributed by atoms with van der Waals surface area (Å²) < 4.78 is 22.9. The van der Waals surface area contributed by atoms with E-state index in [0.29, 0.717) is 0 Å². The molecule has 0 saturated heterocycles. The molecule has 0 aromatic heterocycles. The van der Waals surface area contributed by atoms with E-state index < -0.39 is 9.84 Å². The van der Waals surface area contributed by atoms with Gasteiger partial charge in [0.15, 0.2) is 9.84 Å². The van der Waals surface area contributed by atoms with Gasteiger partial charge in [-0.25, -0.2) is 8.42 Å². The van der Waals surface area contributed by atoms with Crippen molar-refractivity contribution in [2.24, 2.45) is 0 Å². The zero-order valence-electron chi connectivity index (χ0n) is 10.2.